The van der Waals surface area contributed by atoms with Crippen LogP contribution in [0.3, 0.4) is 0 Å². The van der Waals surface area contributed by atoms with E-state index in [9.17, 15) is 20.0 Å². The second-order valence-electron chi connectivity index (χ2n) is 7.43. The van der Waals surface area contributed by atoms with E-state index in [2.05, 4.69) is 33.3 Å². The molecule has 0 fully saturated rings. The second kappa shape index (κ2) is 9.87. The molecule has 34 heavy (non-hydrogen) atoms. The van der Waals surface area contributed by atoms with Crippen molar-refractivity contribution in [3.05, 3.63) is 109 Å². The van der Waals surface area contributed by atoms with Crippen LogP contribution in [-0.4, -0.2) is 26.7 Å². The van der Waals surface area contributed by atoms with E-state index in [1.54, 1.807) is 34.7 Å². The third-order valence-electron chi connectivity index (χ3n) is 5.18. The van der Waals surface area contributed by atoms with Crippen LogP contribution in [0.2, 0.25) is 0 Å². The zero-order valence-corrected chi connectivity index (χ0v) is 20.1. The van der Waals surface area contributed by atoms with Crippen LogP contribution in [0.1, 0.15) is 21.6 Å². The highest BCUT2D eigenvalue weighted by Gasteiger charge is 2.17. The summed E-state index contributed by atoms with van der Waals surface area (Å²) in [5.74, 6) is -0.821. The maximum Gasteiger partial charge on any atom is 0.312 e. The van der Waals surface area contributed by atoms with Gasteiger partial charge in [0, 0.05) is 28.6 Å². The molecular formula is C25H19IN4O4. The minimum atomic E-state index is -0.676. The number of hydrogen-bond acceptors (Lipinski definition) is 5. The summed E-state index contributed by atoms with van der Waals surface area (Å²) in [5, 5.41) is 24.7. The van der Waals surface area contributed by atoms with Crippen LogP contribution < -0.4 is 5.43 Å². The van der Waals surface area contributed by atoms with E-state index in [0.29, 0.717) is 14.7 Å². The lowest BCUT2D eigenvalue weighted by atomic mass is 10.1. The summed E-state index contributed by atoms with van der Waals surface area (Å²) in [5.41, 5.74) is 6.93. The van der Waals surface area contributed by atoms with E-state index in [4.69, 9.17) is 0 Å². The first-order chi connectivity index (χ1) is 16.3. The van der Waals surface area contributed by atoms with Gasteiger partial charge in [-0.05, 0) is 77.5 Å². The molecule has 2 N–H and O–H groups in total. The number of halogens is 1. The number of amides is 1. The number of nitro groups is 1. The van der Waals surface area contributed by atoms with Crippen molar-refractivity contribution in [1.29, 1.82) is 0 Å². The Balaban J connectivity index is 1.50. The summed E-state index contributed by atoms with van der Waals surface area (Å²) in [6, 6.07) is 24.0. The number of nitro benzene ring substituents is 1. The third-order valence-corrected chi connectivity index (χ3v) is 6.00. The quantitative estimate of drug-likeness (QED) is 0.140. The van der Waals surface area contributed by atoms with Gasteiger partial charge in [0.1, 0.15) is 0 Å². The number of benzene rings is 3. The molecule has 4 aromatic rings. The number of aromatic hydroxyl groups is 1. The molecule has 1 amide bonds. The van der Waals surface area contributed by atoms with Crippen LogP contribution in [0.5, 0.6) is 5.75 Å². The summed E-state index contributed by atoms with van der Waals surface area (Å²) in [6.45, 7) is 2.02. The van der Waals surface area contributed by atoms with Gasteiger partial charge in [-0.3, -0.25) is 14.9 Å². The van der Waals surface area contributed by atoms with Crippen molar-refractivity contribution in [3.8, 4) is 22.7 Å². The summed E-state index contributed by atoms with van der Waals surface area (Å²) in [7, 11) is 0. The molecule has 0 unspecified atom stereocenters. The van der Waals surface area contributed by atoms with Crippen LogP contribution >= 0.6 is 22.6 Å². The van der Waals surface area contributed by atoms with Gasteiger partial charge in [0.15, 0.2) is 0 Å². The molecule has 8 nitrogen and oxygen atoms in total. The molecule has 0 aliphatic heterocycles. The third kappa shape index (κ3) is 4.84. The lowest BCUT2D eigenvalue weighted by Gasteiger charge is -2.12. The molecule has 4 rings (SSSR count). The van der Waals surface area contributed by atoms with Crippen molar-refractivity contribution in [2.75, 3.05) is 0 Å². The van der Waals surface area contributed by atoms with Gasteiger partial charge in [-0.1, -0.05) is 30.3 Å². The number of hydrazone groups is 1. The number of nitrogens with zero attached hydrogens (tertiary/aromatic N) is 3. The fourth-order valence-electron chi connectivity index (χ4n) is 3.53. The fraction of sp³-hybridized carbons (Fsp3) is 0.0400. The smallest absolute Gasteiger partial charge is 0.312 e. The Bertz CT molecular complexity index is 1400. The number of hydrogen-bond donors (Lipinski definition) is 2. The molecule has 0 atom stereocenters. The molecule has 0 spiro atoms. The predicted octanol–water partition coefficient (Wildman–Crippen LogP) is 5.44. The van der Waals surface area contributed by atoms with Gasteiger partial charge in [0.05, 0.1) is 20.4 Å². The molecule has 170 valence electrons. The first kappa shape index (κ1) is 23.2. The number of phenolic OH excluding ortho intramolecular Hbond substituents is 1. The van der Waals surface area contributed by atoms with E-state index in [1.807, 2.05) is 43.3 Å². The average Bonchev–Trinajstić information content (AvgIpc) is 3.23. The molecule has 0 saturated carbocycles. The molecule has 1 heterocycles. The number of carbonyl (C=O) groups is 1. The molecule has 0 aliphatic carbocycles. The zero-order chi connectivity index (χ0) is 24.2. The van der Waals surface area contributed by atoms with Crippen molar-refractivity contribution >= 4 is 40.4 Å². The van der Waals surface area contributed by atoms with E-state index in [0.717, 1.165) is 22.6 Å². The molecule has 1 aromatic heterocycles. The summed E-state index contributed by atoms with van der Waals surface area (Å²) in [6.07, 6.45) is 1.29. The minimum absolute atomic E-state index is 0.311. The van der Waals surface area contributed by atoms with Crippen LogP contribution in [0.15, 0.2) is 84.0 Å². The monoisotopic (exact) mass is 566 g/mol. The van der Waals surface area contributed by atoms with Gasteiger partial charge >= 0.3 is 5.69 Å². The van der Waals surface area contributed by atoms with Gasteiger partial charge in [-0.15, -0.1) is 0 Å². The number of carbonyl (C=O) groups excluding carboxylic acids is 1. The van der Waals surface area contributed by atoms with Gasteiger partial charge in [0.2, 0.25) is 5.75 Å². The normalized spacial score (nSPS) is 11.0. The molecule has 3 aromatic carbocycles. The Hall–Kier alpha value is -3.99. The SMILES string of the molecule is Cc1ccc(-c2ccccc2)n1-c1ccc(C(=O)N/N=C/c2cc(I)c(O)c([N+](=O)[O-])c2)cc1. The van der Waals surface area contributed by atoms with Gasteiger partial charge < -0.3 is 9.67 Å². The Morgan fingerprint density at radius 3 is 2.47 bits per heavy atom. The van der Waals surface area contributed by atoms with Gasteiger partial charge in [-0.25, -0.2) is 5.43 Å². The molecule has 0 aliphatic rings. The number of aryl methyl sites for hydroxylation is 1. The first-order valence-electron chi connectivity index (χ1n) is 10.2. The van der Waals surface area contributed by atoms with Gasteiger partial charge in [0.25, 0.3) is 5.91 Å². The van der Waals surface area contributed by atoms with E-state index in [-0.39, 0.29) is 0 Å². The number of phenols is 1. The van der Waals surface area contributed by atoms with Crippen molar-refractivity contribution in [2.24, 2.45) is 5.10 Å². The average molecular weight is 566 g/mol. The molecule has 9 heteroatoms. The number of rotatable bonds is 6. The highest BCUT2D eigenvalue weighted by molar-refractivity contribution is 14.1. The zero-order valence-electron chi connectivity index (χ0n) is 18.0. The van der Waals surface area contributed by atoms with Crippen molar-refractivity contribution in [2.45, 2.75) is 6.92 Å². The molecule has 0 bridgehead atoms. The largest absolute Gasteiger partial charge is 0.501 e. The minimum Gasteiger partial charge on any atom is -0.501 e. The predicted molar refractivity (Wildman–Crippen MR) is 138 cm³/mol. The Kier molecular flexibility index (Phi) is 6.73. The van der Waals surface area contributed by atoms with Crippen LogP contribution in [0.25, 0.3) is 16.9 Å². The summed E-state index contributed by atoms with van der Waals surface area (Å²) in [4.78, 5) is 22.9. The highest BCUT2D eigenvalue weighted by Crippen LogP contribution is 2.31. The topological polar surface area (TPSA) is 110 Å². The maximum atomic E-state index is 12.5. The highest BCUT2D eigenvalue weighted by atomic mass is 127. The second-order valence-corrected chi connectivity index (χ2v) is 8.60. The lowest BCUT2D eigenvalue weighted by molar-refractivity contribution is -0.386. The first-order valence-corrected chi connectivity index (χ1v) is 11.3. The summed E-state index contributed by atoms with van der Waals surface area (Å²) < 4.78 is 2.43. The molecule has 0 saturated heterocycles. The molecule has 0 radical (unpaired) electrons. The van der Waals surface area contributed by atoms with E-state index in [1.165, 1.54) is 18.3 Å². The number of nitrogens with one attached hydrogen (secondary N) is 1. The number of aromatic nitrogens is 1. The van der Waals surface area contributed by atoms with Crippen molar-refractivity contribution in [3.63, 3.8) is 0 Å². The van der Waals surface area contributed by atoms with Crippen LogP contribution in [-0.2, 0) is 0 Å². The van der Waals surface area contributed by atoms with Crippen molar-refractivity contribution in [1.82, 2.24) is 9.99 Å². The van der Waals surface area contributed by atoms with Crippen LogP contribution in [0, 0.1) is 20.6 Å². The Morgan fingerprint density at radius 2 is 1.79 bits per heavy atom. The molecular weight excluding hydrogens is 547 g/mol. The fourth-order valence-corrected chi connectivity index (χ4v) is 4.16. The maximum absolute atomic E-state index is 12.5. The summed E-state index contributed by atoms with van der Waals surface area (Å²) >= 11 is 1.79. The van der Waals surface area contributed by atoms with Crippen LogP contribution in [0.4, 0.5) is 5.69 Å². The van der Waals surface area contributed by atoms with Crippen molar-refractivity contribution < 1.29 is 14.8 Å². The lowest BCUT2D eigenvalue weighted by Crippen LogP contribution is -2.17. The Morgan fingerprint density at radius 1 is 1.09 bits per heavy atom. The van der Waals surface area contributed by atoms with Gasteiger partial charge in [-0.2, -0.15) is 5.10 Å². The van der Waals surface area contributed by atoms with E-state index >= 15 is 0 Å². The standard InChI is InChI=1S/C25H19IN4O4/c1-16-7-12-22(18-5-3-2-4-6-18)29(16)20-10-8-19(9-11-20)25(32)28-27-15-17-13-21(26)24(31)23(14-17)30(33)34/h2-15,31H,1H3,(H,28,32)/b27-15+. The Labute approximate surface area is 208 Å². The van der Waals surface area contributed by atoms with E-state index < -0.39 is 22.3 Å².